The Kier molecular flexibility index (Phi) is 4.32. The molecule has 2 aromatic heterocycles. The first-order valence-electron chi connectivity index (χ1n) is 7.82. The van der Waals surface area contributed by atoms with Crippen LogP contribution in [0.1, 0.15) is 0 Å². The lowest BCUT2D eigenvalue weighted by atomic mass is 10.3. The van der Waals surface area contributed by atoms with Gasteiger partial charge in [-0.3, -0.25) is 5.32 Å². The Bertz CT molecular complexity index is 1040. The van der Waals surface area contributed by atoms with Crippen molar-refractivity contribution in [2.45, 2.75) is 9.79 Å². The number of amides is 1. The largest absolute Gasteiger partial charge is 0.453 e. The molecule has 0 fully saturated rings. The maximum Gasteiger partial charge on any atom is 0.413 e. The van der Waals surface area contributed by atoms with Crippen LogP contribution in [-0.2, 0) is 4.74 Å². The summed E-state index contributed by atoms with van der Waals surface area (Å²) in [4.78, 5) is 24.9. The number of carbonyl (C=O) groups is 1. The van der Waals surface area contributed by atoms with E-state index in [9.17, 15) is 4.79 Å². The molecule has 2 N–H and O–H groups in total. The minimum atomic E-state index is -0.559. The normalized spacial score (nSPS) is 10.8. The van der Waals surface area contributed by atoms with Gasteiger partial charge >= 0.3 is 6.09 Å². The van der Waals surface area contributed by atoms with Crippen LogP contribution in [0.2, 0.25) is 0 Å². The van der Waals surface area contributed by atoms with Crippen LogP contribution in [0, 0.1) is 0 Å². The van der Waals surface area contributed by atoms with Gasteiger partial charge in [0.2, 0.25) is 5.95 Å². The first-order chi connectivity index (χ1) is 12.7. The third-order valence-electron chi connectivity index (χ3n) is 3.73. The molecular weight excluding hydrogens is 350 g/mol. The second kappa shape index (κ2) is 6.93. The zero-order valence-electron chi connectivity index (χ0n) is 13.8. The van der Waals surface area contributed by atoms with Crippen molar-refractivity contribution in [1.29, 1.82) is 0 Å². The van der Waals surface area contributed by atoms with E-state index in [1.54, 1.807) is 24.3 Å². The van der Waals surface area contributed by atoms with Gasteiger partial charge in [-0.05, 0) is 42.5 Å². The number of imidazole rings is 2. The third-order valence-corrected chi connectivity index (χ3v) is 4.73. The number of aromatic amines is 1. The van der Waals surface area contributed by atoms with Crippen molar-refractivity contribution in [2.75, 3.05) is 12.4 Å². The SMILES string of the molecule is COC(=O)Nc1nc2ccc(Sc3ccc(-n4ccnc4)cc3)cc2[nH]1. The van der Waals surface area contributed by atoms with Crippen LogP contribution in [0.25, 0.3) is 16.7 Å². The maximum atomic E-state index is 11.3. The number of carbonyl (C=O) groups excluding carboxylic acids is 1. The Morgan fingerprint density at radius 2 is 2.00 bits per heavy atom. The molecule has 0 saturated heterocycles. The molecule has 0 spiro atoms. The molecular formula is C18H15N5O2S. The van der Waals surface area contributed by atoms with E-state index in [0.717, 1.165) is 26.5 Å². The van der Waals surface area contributed by atoms with Crippen molar-refractivity contribution >= 4 is 34.8 Å². The monoisotopic (exact) mass is 365 g/mol. The number of hydrogen-bond acceptors (Lipinski definition) is 5. The molecule has 7 nitrogen and oxygen atoms in total. The standard InChI is InChI=1S/C18H15N5O2S/c1-25-18(24)22-17-20-15-7-6-14(10-16(15)21-17)26-13-4-2-12(3-5-13)23-9-8-19-11-23/h2-11H,1H3,(H2,20,21,22,24). The van der Waals surface area contributed by atoms with E-state index in [0.29, 0.717) is 5.95 Å². The smallest absolute Gasteiger partial charge is 0.413 e. The predicted octanol–water partition coefficient (Wildman–Crippen LogP) is 4.08. The van der Waals surface area contributed by atoms with Gasteiger partial charge < -0.3 is 14.3 Å². The second-order valence-corrected chi connectivity index (χ2v) is 6.59. The van der Waals surface area contributed by atoms with Crippen molar-refractivity contribution in [3.63, 3.8) is 0 Å². The van der Waals surface area contributed by atoms with Crippen molar-refractivity contribution in [3.8, 4) is 5.69 Å². The zero-order chi connectivity index (χ0) is 17.9. The van der Waals surface area contributed by atoms with Crippen LogP contribution < -0.4 is 5.32 Å². The molecule has 0 bridgehead atoms. The van der Waals surface area contributed by atoms with E-state index in [1.165, 1.54) is 7.11 Å². The van der Waals surface area contributed by atoms with E-state index < -0.39 is 6.09 Å². The molecule has 0 aliphatic rings. The molecule has 2 aromatic carbocycles. The highest BCUT2D eigenvalue weighted by Gasteiger charge is 2.08. The molecule has 0 radical (unpaired) electrons. The van der Waals surface area contributed by atoms with Gasteiger partial charge in [0.15, 0.2) is 0 Å². The number of ether oxygens (including phenoxy) is 1. The topological polar surface area (TPSA) is 84.8 Å². The summed E-state index contributed by atoms with van der Waals surface area (Å²) in [7, 11) is 1.31. The molecule has 26 heavy (non-hydrogen) atoms. The van der Waals surface area contributed by atoms with Crippen LogP contribution in [0.5, 0.6) is 0 Å². The van der Waals surface area contributed by atoms with Crippen LogP contribution in [-0.4, -0.2) is 32.7 Å². The first kappa shape index (κ1) is 16.2. The molecule has 0 aliphatic heterocycles. The predicted molar refractivity (Wildman–Crippen MR) is 99.8 cm³/mol. The zero-order valence-corrected chi connectivity index (χ0v) is 14.7. The molecule has 0 unspecified atom stereocenters. The minimum Gasteiger partial charge on any atom is -0.453 e. The van der Waals surface area contributed by atoms with Crippen molar-refractivity contribution < 1.29 is 9.53 Å². The fraction of sp³-hybridized carbons (Fsp3) is 0.0556. The summed E-state index contributed by atoms with van der Waals surface area (Å²) in [5.74, 6) is 0.360. The number of rotatable bonds is 4. The molecule has 1 amide bonds. The lowest BCUT2D eigenvalue weighted by Crippen LogP contribution is -2.11. The Balaban J connectivity index is 1.52. The first-order valence-corrected chi connectivity index (χ1v) is 8.64. The number of nitrogens with zero attached hydrogens (tertiary/aromatic N) is 3. The van der Waals surface area contributed by atoms with Crippen molar-refractivity contribution in [3.05, 3.63) is 61.2 Å². The third kappa shape index (κ3) is 3.40. The van der Waals surface area contributed by atoms with Gasteiger partial charge in [0.1, 0.15) is 0 Å². The molecule has 2 heterocycles. The molecule has 0 aliphatic carbocycles. The summed E-state index contributed by atoms with van der Waals surface area (Å²) in [5, 5.41) is 2.53. The summed E-state index contributed by atoms with van der Waals surface area (Å²) in [5.41, 5.74) is 2.68. The van der Waals surface area contributed by atoms with Crippen molar-refractivity contribution in [2.24, 2.45) is 0 Å². The highest BCUT2D eigenvalue weighted by molar-refractivity contribution is 7.99. The van der Waals surface area contributed by atoms with Crippen LogP contribution >= 0.6 is 11.8 Å². The Labute approximate surface area is 153 Å². The lowest BCUT2D eigenvalue weighted by Gasteiger charge is -2.05. The minimum absolute atomic E-state index is 0.360. The average Bonchev–Trinajstić information content (AvgIpc) is 3.31. The summed E-state index contributed by atoms with van der Waals surface area (Å²) < 4.78 is 6.53. The number of anilines is 1. The highest BCUT2D eigenvalue weighted by atomic mass is 32.2. The van der Waals surface area contributed by atoms with Gasteiger partial charge in [0, 0.05) is 27.9 Å². The number of benzene rings is 2. The van der Waals surface area contributed by atoms with E-state index in [-0.39, 0.29) is 0 Å². The van der Waals surface area contributed by atoms with Gasteiger partial charge in [-0.15, -0.1) is 0 Å². The van der Waals surface area contributed by atoms with Gasteiger partial charge in [-0.1, -0.05) is 11.8 Å². The fourth-order valence-electron chi connectivity index (χ4n) is 2.49. The lowest BCUT2D eigenvalue weighted by molar-refractivity contribution is 0.186. The number of methoxy groups -OCH3 is 1. The summed E-state index contributed by atoms with van der Waals surface area (Å²) >= 11 is 1.65. The number of aromatic nitrogens is 4. The summed E-state index contributed by atoms with van der Waals surface area (Å²) in [6.07, 6.45) is 4.88. The van der Waals surface area contributed by atoms with E-state index >= 15 is 0 Å². The van der Waals surface area contributed by atoms with Crippen molar-refractivity contribution in [1.82, 2.24) is 19.5 Å². The van der Waals surface area contributed by atoms with Gasteiger partial charge in [-0.25, -0.2) is 14.8 Å². The fourth-order valence-corrected chi connectivity index (χ4v) is 3.35. The van der Waals surface area contributed by atoms with E-state index in [4.69, 9.17) is 0 Å². The quantitative estimate of drug-likeness (QED) is 0.569. The van der Waals surface area contributed by atoms with Gasteiger partial charge in [-0.2, -0.15) is 0 Å². The Morgan fingerprint density at radius 1 is 1.19 bits per heavy atom. The van der Waals surface area contributed by atoms with Gasteiger partial charge in [0.05, 0.1) is 24.5 Å². The average molecular weight is 365 g/mol. The Morgan fingerprint density at radius 3 is 2.73 bits per heavy atom. The highest BCUT2D eigenvalue weighted by Crippen LogP contribution is 2.30. The van der Waals surface area contributed by atoms with E-state index in [2.05, 4.69) is 49.3 Å². The molecule has 4 aromatic rings. The van der Waals surface area contributed by atoms with E-state index in [1.807, 2.05) is 29.0 Å². The second-order valence-electron chi connectivity index (χ2n) is 5.45. The summed E-state index contributed by atoms with van der Waals surface area (Å²) in [6, 6.07) is 14.2. The Hall–Kier alpha value is -3.26. The molecule has 0 atom stereocenters. The van der Waals surface area contributed by atoms with Crippen LogP contribution in [0.3, 0.4) is 0 Å². The summed E-state index contributed by atoms with van der Waals surface area (Å²) in [6.45, 7) is 0. The molecule has 4 rings (SSSR count). The number of fused-ring (bicyclic) bond motifs is 1. The van der Waals surface area contributed by atoms with Crippen LogP contribution in [0.15, 0.2) is 71.0 Å². The van der Waals surface area contributed by atoms with Gasteiger partial charge in [0.25, 0.3) is 0 Å². The number of H-pyrrole nitrogens is 1. The maximum absolute atomic E-state index is 11.3. The number of hydrogen-bond donors (Lipinski definition) is 2. The molecule has 0 saturated carbocycles. The number of nitrogens with one attached hydrogen (secondary N) is 2. The molecule has 130 valence electrons. The van der Waals surface area contributed by atoms with Crippen LogP contribution in [0.4, 0.5) is 10.7 Å². The molecule has 8 heteroatoms.